The Morgan fingerprint density at radius 2 is 2.29 bits per heavy atom. The number of rotatable bonds is 8. The molecule has 0 amide bonds. The zero-order valence-electron chi connectivity index (χ0n) is 12.3. The van der Waals surface area contributed by atoms with Gasteiger partial charge in [-0.3, -0.25) is 0 Å². The highest BCUT2D eigenvalue weighted by Crippen LogP contribution is 2.14. The lowest BCUT2D eigenvalue weighted by atomic mass is 10.1. The fourth-order valence-corrected chi connectivity index (χ4v) is 2.61. The van der Waals surface area contributed by atoms with Crippen LogP contribution in [0.2, 0.25) is 0 Å². The molecular formula is C15H20BrN3O2. The van der Waals surface area contributed by atoms with E-state index in [4.69, 9.17) is 9.26 Å². The maximum atomic E-state index is 5.32. The number of hydrogen-bond donors (Lipinski definition) is 1. The summed E-state index contributed by atoms with van der Waals surface area (Å²) in [5.74, 6) is 1.35. The molecule has 2 rings (SSSR count). The van der Waals surface area contributed by atoms with Gasteiger partial charge in [-0.05, 0) is 24.2 Å². The molecule has 0 saturated carbocycles. The minimum atomic E-state index is 0.194. The van der Waals surface area contributed by atoms with Crippen molar-refractivity contribution in [1.29, 1.82) is 0 Å². The zero-order valence-corrected chi connectivity index (χ0v) is 13.9. The van der Waals surface area contributed by atoms with Crippen LogP contribution in [0, 0.1) is 0 Å². The predicted octanol–water partition coefficient (Wildman–Crippen LogP) is 2.59. The van der Waals surface area contributed by atoms with Gasteiger partial charge in [-0.15, -0.1) is 0 Å². The molecule has 0 radical (unpaired) electrons. The van der Waals surface area contributed by atoms with Gasteiger partial charge in [0.05, 0.1) is 6.61 Å². The van der Waals surface area contributed by atoms with Crippen molar-refractivity contribution in [2.24, 2.45) is 0 Å². The van der Waals surface area contributed by atoms with Crippen molar-refractivity contribution in [2.45, 2.75) is 25.8 Å². The lowest BCUT2D eigenvalue weighted by Gasteiger charge is -2.14. The first-order valence-corrected chi connectivity index (χ1v) is 7.78. The van der Waals surface area contributed by atoms with Crippen LogP contribution in [0.25, 0.3) is 0 Å². The fraction of sp³-hybridized carbons (Fsp3) is 0.467. The Kier molecular flexibility index (Phi) is 6.35. The van der Waals surface area contributed by atoms with E-state index in [1.54, 1.807) is 7.11 Å². The Morgan fingerprint density at radius 1 is 1.43 bits per heavy atom. The number of nitrogens with zero attached hydrogens (tertiary/aromatic N) is 2. The fourth-order valence-electron chi connectivity index (χ4n) is 2.17. The van der Waals surface area contributed by atoms with Crippen molar-refractivity contribution in [2.75, 3.05) is 20.3 Å². The van der Waals surface area contributed by atoms with Gasteiger partial charge in [0.1, 0.15) is 0 Å². The molecule has 1 unspecified atom stereocenters. The average Bonchev–Trinajstić information content (AvgIpc) is 2.86. The molecular weight excluding hydrogens is 334 g/mol. The number of hydrogen-bond acceptors (Lipinski definition) is 5. The van der Waals surface area contributed by atoms with Crippen LogP contribution in [0.4, 0.5) is 0 Å². The Balaban J connectivity index is 1.97. The third-order valence-electron chi connectivity index (χ3n) is 3.04. The molecule has 21 heavy (non-hydrogen) atoms. The summed E-state index contributed by atoms with van der Waals surface area (Å²) >= 11 is 3.46. The maximum Gasteiger partial charge on any atom is 0.228 e. The van der Waals surface area contributed by atoms with E-state index in [-0.39, 0.29) is 6.04 Å². The van der Waals surface area contributed by atoms with Gasteiger partial charge in [-0.1, -0.05) is 40.1 Å². The summed E-state index contributed by atoms with van der Waals surface area (Å²) in [6.45, 7) is 3.57. The summed E-state index contributed by atoms with van der Waals surface area (Å²) in [5.41, 5.74) is 1.15. The van der Waals surface area contributed by atoms with E-state index >= 15 is 0 Å². The highest BCUT2D eigenvalue weighted by atomic mass is 79.9. The van der Waals surface area contributed by atoms with Gasteiger partial charge in [0.2, 0.25) is 5.89 Å². The molecule has 1 atom stereocenters. The predicted molar refractivity (Wildman–Crippen MR) is 84.3 cm³/mol. The molecule has 0 bridgehead atoms. The van der Waals surface area contributed by atoms with E-state index in [0.29, 0.717) is 31.2 Å². The smallest absolute Gasteiger partial charge is 0.228 e. The monoisotopic (exact) mass is 353 g/mol. The van der Waals surface area contributed by atoms with E-state index in [1.807, 2.05) is 18.2 Å². The molecule has 1 heterocycles. The summed E-state index contributed by atoms with van der Waals surface area (Å²) in [5, 5.41) is 7.38. The summed E-state index contributed by atoms with van der Waals surface area (Å²) in [7, 11) is 1.69. The summed E-state index contributed by atoms with van der Waals surface area (Å²) in [6, 6.07) is 8.30. The van der Waals surface area contributed by atoms with Crippen LogP contribution in [-0.4, -0.2) is 36.4 Å². The van der Waals surface area contributed by atoms with Gasteiger partial charge in [-0.25, -0.2) is 0 Å². The normalized spacial score (nSPS) is 12.5. The number of likely N-dealkylation sites (N-methyl/N-ethyl adjacent to an activating group) is 1. The molecule has 0 fully saturated rings. The second kappa shape index (κ2) is 8.26. The maximum absolute atomic E-state index is 5.32. The van der Waals surface area contributed by atoms with Crippen LogP contribution in [0.15, 0.2) is 33.3 Å². The van der Waals surface area contributed by atoms with Gasteiger partial charge in [0.25, 0.3) is 0 Å². The molecule has 1 aromatic carbocycles. The summed E-state index contributed by atoms with van der Waals surface area (Å²) in [4.78, 5) is 4.45. The first-order chi connectivity index (χ1) is 10.2. The Hall–Kier alpha value is -1.24. The third-order valence-corrected chi connectivity index (χ3v) is 3.54. The Labute approximate surface area is 133 Å². The van der Waals surface area contributed by atoms with E-state index in [9.17, 15) is 0 Å². The lowest BCUT2D eigenvalue weighted by Crippen LogP contribution is -2.35. The summed E-state index contributed by atoms with van der Waals surface area (Å²) < 4.78 is 11.6. The minimum Gasteiger partial charge on any atom is -0.383 e. The van der Waals surface area contributed by atoms with Gasteiger partial charge in [0.15, 0.2) is 5.82 Å². The molecule has 114 valence electrons. The molecule has 1 N–H and O–H groups in total. The van der Waals surface area contributed by atoms with Crippen LogP contribution in [-0.2, 0) is 17.6 Å². The highest BCUT2D eigenvalue weighted by molar-refractivity contribution is 9.10. The highest BCUT2D eigenvalue weighted by Gasteiger charge is 2.14. The number of benzene rings is 1. The lowest BCUT2D eigenvalue weighted by molar-refractivity contribution is 0.162. The topological polar surface area (TPSA) is 60.2 Å². The second-order valence-corrected chi connectivity index (χ2v) is 5.74. The number of ether oxygens (including phenoxy) is 1. The largest absolute Gasteiger partial charge is 0.383 e. The van der Waals surface area contributed by atoms with Crippen molar-refractivity contribution in [3.05, 3.63) is 46.0 Å². The average molecular weight is 354 g/mol. The van der Waals surface area contributed by atoms with Crippen LogP contribution in [0.1, 0.15) is 24.2 Å². The SMILES string of the molecule is CCNC(COC)Cc1nc(Cc2cccc(Br)c2)no1. The van der Waals surface area contributed by atoms with Gasteiger partial charge in [-0.2, -0.15) is 4.98 Å². The molecule has 0 aliphatic carbocycles. The van der Waals surface area contributed by atoms with Gasteiger partial charge in [0, 0.05) is 30.5 Å². The molecule has 0 aliphatic rings. The van der Waals surface area contributed by atoms with Crippen LogP contribution in [0.3, 0.4) is 0 Å². The minimum absolute atomic E-state index is 0.194. The Bertz CT molecular complexity index is 553. The number of halogens is 1. The molecule has 1 aromatic heterocycles. The first-order valence-electron chi connectivity index (χ1n) is 6.99. The Morgan fingerprint density at radius 3 is 3.00 bits per heavy atom. The molecule has 0 aliphatic heterocycles. The molecule has 0 spiro atoms. The van der Waals surface area contributed by atoms with Gasteiger partial charge >= 0.3 is 0 Å². The first kappa shape index (κ1) is 16.1. The van der Waals surface area contributed by atoms with Crippen molar-refractivity contribution < 1.29 is 9.26 Å². The van der Waals surface area contributed by atoms with Crippen LogP contribution in [0.5, 0.6) is 0 Å². The quantitative estimate of drug-likeness (QED) is 0.790. The number of methoxy groups -OCH3 is 1. The molecule has 2 aromatic rings. The van der Waals surface area contributed by atoms with Crippen molar-refractivity contribution in [3.63, 3.8) is 0 Å². The number of nitrogens with one attached hydrogen (secondary N) is 1. The van der Waals surface area contributed by atoms with E-state index < -0.39 is 0 Å². The zero-order chi connectivity index (χ0) is 15.1. The van der Waals surface area contributed by atoms with Crippen molar-refractivity contribution in [3.8, 4) is 0 Å². The van der Waals surface area contributed by atoms with E-state index in [0.717, 1.165) is 16.6 Å². The van der Waals surface area contributed by atoms with Crippen LogP contribution < -0.4 is 5.32 Å². The van der Waals surface area contributed by atoms with Gasteiger partial charge < -0.3 is 14.6 Å². The second-order valence-electron chi connectivity index (χ2n) is 4.83. The number of aromatic nitrogens is 2. The standard InChI is InChI=1S/C15H20BrN3O2/c1-3-17-13(10-20-2)9-15-18-14(19-21-15)8-11-5-4-6-12(16)7-11/h4-7,13,17H,3,8-10H2,1-2H3. The van der Waals surface area contributed by atoms with Crippen molar-refractivity contribution in [1.82, 2.24) is 15.5 Å². The molecule has 0 saturated heterocycles. The molecule has 6 heteroatoms. The van der Waals surface area contributed by atoms with E-state index in [2.05, 4.69) is 44.4 Å². The summed E-state index contributed by atoms with van der Waals surface area (Å²) in [6.07, 6.45) is 1.34. The van der Waals surface area contributed by atoms with E-state index in [1.165, 1.54) is 0 Å². The third kappa shape index (κ3) is 5.22. The van der Waals surface area contributed by atoms with Crippen LogP contribution >= 0.6 is 15.9 Å². The molecule has 5 nitrogen and oxygen atoms in total. The van der Waals surface area contributed by atoms with Crippen molar-refractivity contribution >= 4 is 15.9 Å².